The molecular weight excluding hydrogens is 352 g/mol. The van der Waals surface area contributed by atoms with Gasteiger partial charge in [0.25, 0.3) is 0 Å². The van der Waals surface area contributed by atoms with Crippen LogP contribution in [0.2, 0.25) is 0 Å². The minimum Gasteiger partial charge on any atom is -0.463 e. The molecule has 1 aliphatic rings. The summed E-state index contributed by atoms with van der Waals surface area (Å²) in [5.74, 6) is -2.12. The fourth-order valence-corrected chi connectivity index (χ4v) is 1.77. The van der Waals surface area contributed by atoms with Crippen LogP contribution in [0.1, 0.15) is 12.8 Å². The molecule has 10 nitrogen and oxygen atoms in total. The van der Waals surface area contributed by atoms with E-state index in [1.807, 2.05) is 0 Å². The Hall–Kier alpha value is -1.88. The molecule has 1 aliphatic heterocycles. The van der Waals surface area contributed by atoms with Crippen LogP contribution in [0.5, 0.6) is 0 Å². The Morgan fingerprint density at radius 2 is 0.808 bits per heavy atom. The molecule has 1 heterocycles. The van der Waals surface area contributed by atoms with Crippen molar-refractivity contribution in [3.8, 4) is 0 Å². The fourth-order valence-electron chi connectivity index (χ4n) is 1.77. The van der Waals surface area contributed by atoms with Crippen LogP contribution >= 0.6 is 0 Å². The summed E-state index contributed by atoms with van der Waals surface area (Å²) in [6, 6.07) is 0. The summed E-state index contributed by atoms with van der Waals surface area (Å²) in [6.07, 6.45) is -0.749. The van der Waals surface area contributed by atoms with Gasteiger partial charge in [-0.15, -0.1) is 0 Å². The summed E-state index contributed by atoms with van der Waals surface area (Å²) in [5, 5.41) is 0. The van der Waals surface area contributed by atoms with Gasteiger partial charge in [0.05, 0.1) is 39.6 Å². The number of Topliss-reactive ketones (excluding diaryl/α,β-unsaturated/α-hetero) is 2. The molecule has 0 amide bonds. The number of ketones is 2. The standard InChI is InChI=1S/C16H24O10/c17-13-9-15(19)25-7-5-22-6-8-26-16(20)10-14(18)12-24-4-2-21-1-3-23-11-13/h1-12H2. The van der Waals surface area contributed by atoms with E-state index >= 15 is 0 Å². The molecular formula is C16H24O10. The largest absolute Gasteiger partial charge is 0.463 e. The van der Waals surface area contributed by atoms with Gasteiger partial charge in [0.15, 0.2) is 11.6 Å². The third-order valence-corrected chi connectivity index (χ3v) is 2.93. The highest BCUT2D eigenvalue weighted by Gasteiger charge is 2.12. The zero-order chi connectivity index (χ0) is 19.0. The van der Waals surface area contributed by atoms with Crippen molar-refractivity contribution in [2.75, 3.05) is 66.1 Å². The Bertz CT molecular complexity index is 422. The predicted octanol–water partition coefficient (Wildman–Crippen LogP) is -0.929. The van der Waals surface area contributed by atoms with E-state index in [1.54, 1.807) is 0 Å². The van der Waals surface area contributed by atoms with Gasteiger partial charge >= 0.3 is 11.9 Å². The number of hydrogen-bond acceptors (Lipinski definition) is 10. The quantitative estimate of drug-likeness (QED) is 0.387. The highest BCUT2D eigenvalue weighted by atomic mass is 16.6. The minimum atomic E-state index is -0.664. The van der Waals surface area contributed by atoms with Gasteiger partial charge in [0, 0.05) is 0 Å². The highest BCUT2D eigenvalue weighted by molar-refractivity contribution is 5.96. The number of hydrogen-bond donors (Lipinski definition) is 0. The van der Waals surface area contributed by atoms with Gasteiger partial charge in [-0.1, -0.05) is 0 Å². The van der Waals surface area contributed by atoms with Crippen molar-refractivity contribution in [2.45, 2.75) is 12.8 Å². The van der Waals surface area contributed by atoms with E-state index in [2.05, 4.69) is 0 Å². The van der Waals surface area contributed by atoms with E-state index in [4.69, 9.17) is 28.4 Å². The molecule has 0 aliphatic carbocycles. The molecule has 148 valence electrons. The van der Waals surface area contributed by atoms with Crippen LogP contribution in [-0.2, 0) is 47.6 Å². The molecule has 1 rings (SSSR count). The lowest BCUT2D eigenvalue weighted by atomic mass is 10.3. The van der Waals surface area contributed by atoms with Crippen molar-refractivity contribution in [1.82, 2.24) is 0 Å². The summed E-state index contributed by atoms with van der Waals surface area (Å²) in [7, 11) is 0. The molecule has 10 heteroatoms. The molecule has 0 saturated carbocycles. The van der Waals surface area contributed by atoms with Gasteiger partial charge in [-0.25, -0.2) is 0 Å². The summed E-state index contributed by atoms with van der Waals surface area (Å²) in [4.78, 5) is 45.9. The molecule has 26 heavy (non-hydrogen) atoms. The van der Waals surface area contributed by atoms with Crippen molar-refractivity contribution in [3.05, 3.63) is 0 Å². The SMILES string of the molecule is O=C1COCCOCCOCC(=O)CC(=O)OCCOCCOC(=O)C1. The Morgan fingerprint density at radius 3 is 1.23 bits per heavy atom. The Labute approximate surface area is 151 Å². The van der Waals surface area contributed by atoms with E-state index in [1.165, 1.54) is 0 Å². The second-order valence-corrected chi connectivity index (χ2v) is 5.20. The second kappa shape index (κ2) is 14.3. The smallest absolute Gasteiger partial charge is 0.313 e. The average Bonchev–Trinajstić information content (AvgIpc) is 2.58. The lowest BCUT2D eigenvalue weighted by Gasteiger charge is -2.08. The molecule has 0 bridgehead atoms. The summed E-state index contributed by atoms with van der Waals surface area (Å²) in [5.41, 5.74) is 0. The van der Waals surface area contributed by atoms with Crippen molar-refractivity contribution < 1.29 is 47.6 Å². The molecule has 0 aromatic rings. The molecule has 0 spiro atoms. The van der Waals surface area contributed by atoms with Gasteiger partial charge in [-0.05, 0) is 0 Å². The average molecular weight is 376 g/mol. The number of esters is 2. The van der Waals surface area contributed by atoms with Gasteiger partial charge in [0.1, 0.15) is 39.3 Å². The van der Waals surface area contributed by atoms with Crippen LogP contribution in [0.15, 0.2) is 0 Å². The van der Waals surface area contributed by atoms with Gasteiger partial charge in [-0.3, -0.25) is 19.2 Å². The summed E-state index contributed by atoms with van der Waals surface area (Å²) in [6.45, 7) is 0.568. The minimum absolute atomic E-state index is 0.0232. The van der Waals surface area contributed by atoms with Gasteiger partial charge in [0.2, 0.25) is 0 Å². The Morgan fingerprint density at radius 1 is 0.462 bits per heavy atom. The van der Waals surface area contributed by atoms with Gasteiger partial charge in [-0.2, -0.15) is 0 Å². The molecule has 0 radical (unpaired) electrons. The maximum absolute atomic E-state index is 11.5. The first-order valence-electron chi connectivity index (χ1n) is 8.23. The number of carbonyl (C=O) groups is 4. The van der Waals surface area contributed by atoms with Crippen LogP contribution in [0, 0.1) is 0 Å². The predicted molar refractivity (Wildman–Crippen MR) is 84.4 cm³/mol. The monoisotopic (exact) mass is 376 g/mol. The third-order valence-electron chi connectivity index (χ3n) is 2.93. The fraction of sp³-hybridized carbons (Fsp3) is 0.750. The molecule has 0 aromatic carbocycles. The number of carbonyl (C=O) groups excluding carboxylic acids is 4. The van der Waals surface area contributed by atoms with Crippen molar-refractivity contribution in [1.29, 1.82) is 0 Å². The summed E-state index contributed by atoms with van der Waals surface area (Å²) >= 11 is 0. The summed E-state index contributed by atoms with van der Waals surface area (Å²) < 4.78 is 30.1. The number of ether oxygens (including phenoxy) is 6. The first-order chi connectivity index (χ1) is 12.6. The molecule has 0 unspecified atom stereocenters. The van der Waals surface area contributed by atoms with Crippen molar-refractivity contribution in [2.24, 2.45) is 0 Å². The highest BCUT2D eigenvalue weighted by Crippen LogP contribution is 1.94. The zero-order valence-electron chi connectivity index (χ0n) is 14.6. The molecule has 0 aromatic heterocycles. The van der Waals surface area contributed by atoms with Gasteiger partial charge < -0.3 is 28.4 Å². The van der Waals surface area contributed by atoms with E-state index in [-0.39, 0.29) is 78.9 Å². The Balaban J connectivity index is 2.32. The zero-order valence-corrected chi connectivity index (χ0v) is 14.6. The van der Waals surface area contributed by atoms with Crippen molar-refractivity contribution in [3.63, 3.8) is 0 Å². The van der Waals surface area contributed by atoms with Crippen LogP contribution < -0.4 is 0 Å². The molecule has 1 saturated heterocycles. The topological polar surface area (TPSA) is 124 Å². The molecule has 0 N–H and O–H groups in total. The van der Waals surface area contributed by atoms with E-state index < -0.39 is 23.5 Å². The maximum Gasteiger partial charge on any atom is 0.313 e. The first kappa shape index (κ1) is 22.2. The first-order valence-corrected chi connectivity index (χ1v) is 8.23. The lowest BCUT2D eigenvalue weighted by Crippen LogP contribution is -2.21. The molecule has 1 fully saturated rings. The third kappa shape index (κ3) is 12.5. The van der Waals surface area contributed by atoms with Crippen LogP contribution in [0.3, 0.4) is 0 Å². The number of cyclic esters (lactones) is 2. The van der Waals surface area contributed by atoms with Crippen LogP contribution in [-0.4, -0.2) is 89.6 Å². The maximum atomic E-state index is 11.5. The Kier molecular flexibility index (Phi) is 12.2. The van der Waals surface area contributed by atoms with E-state index in [9.17, 15) is 19.2 Å². The second-order valence-electron chi connectivity index (χ2n) is 5.20. The van der Waals surface area contributed by atoms with Crippen LogP contribution in [0.4, 0.5) is 0 Å². The van der Waals surface area contributed by atoms with E-state index in [0.717, 1.165) is 0 Å². The number of rotatable bonds is 0. The lowest BCUT2D eigenvalue weighted by molar-refractivity contribution is -0.149. The van der Waals surface area contributed by atoms with Crippen LogP contribution in [0.25, 0.3) is 0 Å². The van der Waals surface area contributed by atoms with Crippen molar-refractivity contribution >= 4 is 23.5 Å². The normalized spacial score (nSPS) is 21.8. The van der Waals surface area contributed by atoms with E-state index in [0.29, 0.717) is 0 Å². The molecule has 0 atom stereocenters.